The fourth-order valence-electron chi connectivity index (χ4n) is 4.10. The van der Waals surface area contributed by atoms with Gasteiger partial charge in [-0.05, 0) is 17.7 Å². The predicted octanol–water partition coefficient (Wildman–Crippen LogP) is 3.46. The Morgan fingerprint density at radius 3 is 2.79 bits per heavy atom. The Morgan fingerprint density at radius 1 is 1.06 bits per heavy atom. The lowest BCUT2D eigenvalue weighted by atomic mass is 10.1. The van der Waals surface area contributed by atoms with Gasteiger partial charge >= 0.3 is 0 Å². The Hall–Kier alpha value is -3.43. The number of amides is 1. The van der Waals surface area contributed by atoms with Gasteiger partial charge in [0.2, 0.25) is 5.91 Å². The van der Waals surface area contributed by atoms with E-state index in [9.17, 15) is 9.18 Å². The second-order valence-corrected chi connectivity index (χ2v) is 9.41. The number of carbonyl (C=O) groups is 1. The third-order valence-electron chi connectivity index (χ3n) is 5.85. The van der Waals surface area contributed by atoms with E-state index in [0.717, 1.165) is 54.8 Å². The molecule has 174 valence electrons. The molecule has 0 saturated carbocycles. The van der Waals surface area contributed by atoms with Crippen LogP contribution in [0.1, 0.15) is 22.1 Å². The number of carbonyl (C=O) groups excluding carboxylic acids is 1. The van der Waals surface area contributed by atoms with Crippen LogP contribution in [-0.2, 0) is 37.3 Å². The minimum Gasteiger partial charge on any atom is -0.349 e. The summed E-state index contributed by atoms with van der Waals surface area (Å²) >= 11 is 1.73. The van der Waals surface area contributed by atoms with Gasteiger partial charge in [0.1, 0.15) is 16.6 Å². The lowest BCUT2D eigenvalue weighted by Crippen LogP contribution is -2.28. The van der Waals surface area contributed by atoms with E-state index in [1.165, 1.54) is 17.0 Å². The molecular formula is C25H25FN6OS. The highest BCUT2D eigenvalue weighted by atomic mass is 32.1. The van der Waals surface area contributed by atoms with Crippen LogP contribution in [0.4, 0.5) is 4.39 Å². The van der Waals surface area contributed by atoms with Crippen molar-refractivity contribution in [2.24, 2.45) is 0 Å². The van der Waals surface area contributed by atoms with Crippen LogP contribution in [0.15, 0.2) is 60.8 Å². The van der Waals surface area contributed by atoms with Gasteiger partial charge in [0.15, 0.2) is 5.82 Å². The summed E-state index contributed by atoms with van der Waals surface area (Å²) in [5.74, 6) is 1.17. The van der Waals surface area contributed by atoms with Crippen LogP contribution >= 0.6 is 11.3 Å². The van der Waals surface area contributed by atoms with Gasteiger partial charge in [-0.15, -0.1) is 21.5 Å². The number of aromatic nitrogens is 4. The highest BCUT2D eigenvalue weighted by Crippen LogP contribution is 2.26. The van der Waals surface area contributed by atoms with Crippen molar-refractivity contribution < 1.29 is 9.18 Å². The molecule has 7 nitrogen and oxygen atoms in total. The van der Waals surface area contributed by atoms with E-state index in [1.807, 2.05) is 24.4 Å². The molecule has 4 aromatic rings. The molecule has 1 aliphatic rings. The Morgan fingerprint density at radius 2 is 1.94 bits per heavy atom. The summed E-state index contributed by atoms with van der Waals surface area (Å²) in [4.78, 5) is 20.6. The molecule has 5 rings (SSSR count). The first-order valence-corrected chi connectivity index (χ1v) is 12.1. The van der Waals surface area contributed by atoms with Crippen molar-refractivity contribution in [2.45, 2.75) is 32.5 Å². The fourth-order valence-corrected chi connectivity index (χ4v) is 5.06. The lowest BCUT2D eigenvalue weighted by molar-refractivity contribution is -0.120. The molecule has 0 unspecified atom stereocenters. The van der Waals surface area contributed by atoms with E-state index < -0.39 is 0 Å². The molecule has 0 saturated heterocycles. The average molecular weight is 477 g/mol. The zero-order valence-corrected chi connectivity index (χ0v) is 19.5. The number of rotatable bonds is 7. The topological polar surface area (TPSA) is 75.9 Å². The van der Waals surface area contributed by atoms with Gasteiger partial charge in [0.05, 0.1) is 13.0 Å². The maximum Gasteiger partial charge on any atom is 0.224 e. The number of thiazole rings is 1. The van der Waals surface area contributed by atoms with Crippen molar-refractivity contribution >= 4 is 17.2 Å². The molecule has 9 heteroatoms. The molecule has 0 atom stereocenters. The Bertz CT molecular complexity index is 1270. The molecular weight excluding hydrogens is 451 g/mol. The summed E-state index contributed by atoms with van der Waals surface area (Å²) in [5.41, 5.74) is 1.79. The third-order valence-corrected chi connectivity index (χ3v) is 6.88. The summed E-state index contributed by atoms with van der Waals surface area (Å²) < 4.78 is 15.4. The lowest BCUT2D eigenvalue weighted by Gasteiger charge is -2.18. The van der Waals surface area contributed by atoms with Crippen LogP contribution in [-0.4, -0.2) is 43.6 Å². The summed E-state index contributed by atoms with van der Waals surface area (Å²) in [5, 5.41) is 12.6. The summed E-state index contributed by atoms with van der Waals surface area (Å²) in [7, 11) is 0. The maximum absolute atomic E-state index is 13.3. The number of benzene rings is 2. The van der Waals surface area contributed by atoms with E-state index >= 15 is 0 Å². The van der Waals surface area contributed by atoms with Crippen LogP contribution < -0.4 is 5.32 Å². The summed E-state index contributed by atoms with van der Waals surface area (Å²) in [6.07, 6.45) is 2.90. The van der Waals surface area contributed by atoms with Gasteiger partial charge in [0, 0.05) is 49.2 Å². The molecule has 3 heterocycles. The molecule has 34 heavy (non-hydrogen) atoms. The Balaban J connectivity index is 1.16. The summed E-state index contributed by atoms with van der Waals surface area (Å²) in [6, 6.07) is 16.3. The van der Waals surface area contributed by atoms with Gasteiger partial charge in [-0.1, -0.05) is 42.5 Å². The zero-order valence-electron chi connectivity index (χ0n) is 18.7. The van der Waals surface area contributed by atoms with Crippen molar-refractivity contribution in [1.29, 1.82) is 0 Å². The third kappa shape index (κ3) is 5.37. The maximum atomic E-state index is 13.3. The zero-order chi connectivity index (χ0) is 23.3. The van der Waals surface area contributed by atoms with Crippen molar-refractivity contribution in [1.82, 2.24) is 30.0 Å². The van der Waals surface area contributed by atoms with Crippen LogP contribution in [0.5, 0.6) is 0 Å². The van der Waals surface area contributed by atoms with Gasteiger partial charge < -0.3 is 9.88 Å². The smallest absolute Gasteiger partial charge is 0.224 e. The normalized spacial score (nSPS) is 13.9. The van der Waals surface area contributed by atoms with Crippen LogP contribution in [0.25, 0.3) is 10.6 Å². The van der Waals surface area contributed by atoms with E-state index in [2.05, 4.69) is 42.1 Å². The predicted molar refractivity (Wildman–Crippen MR) is 129 cm³/mol. The molecule has 0 fully saturated rings. The van der Waals surface area contributed by atoms with Crippen LogP contribution in [0.2, 0.25) is 0 Å². The molecule has 0 radical (unpaired) electrons. The standard InChI is InChI=1S/C25H25FN6OS/c26-20-8-4-5-18(13-20)14-24(33)27-16-23-30-29-22-9-10-31(11-12-32(22)23)17-21-15-28-25(34-21)19-6-2-1-3-7-19/h1-8,13,15H,9-12,14,16-17H2,(H,27,33). The number of fused-ring (bicyclic) bond motifs is 1. The minimum atomic E-state index is -0.341. The van der Waals surface area contributed by atoms with Crippen molar-refractivity contribution in [3.05, 3.63) is 88.7 Å². The number of hydrogen-bond acceptors (Lipinski definition) is 6. The van der Waals surface area contributed by atoms with Crippen molar-refractivity contribution in [2.75, 3.05) is 13.1 Å². The number of nitrogens with zero attached hydrogens (tertiary/aromatic N) is 5. The van der Waals surface area contributed by atoms with E-state index in [4.69, 9.17) is 0 Å². The van der Waals surface area contributed by atoms with Crippen LogP contribution in [0, 0.1) is 5.82 Å². The fraction of sp³-hybridized carbons (Fsp3) is 0.280. The summed E-state index contributed by atoms with van der Waals surface area (Å²) in [6.45, 7) is 3.68. The van der Waals surface area contributed by atoms with E-state index in [1.54, 1.807) is 23.5 Å². The highest BCUT2D eigenvalue weighted by Gasteiger charge is 2.20. The average Bonchev–Trinajstić information content (AvgIpc) is 3.41. The number of halogens is 1. The highest BCUT2D eigenvalue weighted by molar-refractivity contribution is 7.15. The van der Waals surface area contributed by atoms with Gasteiger partial charge in [-0.2, -0.15) is 0 Å². The van der Waals surface area contributed by atoms with Gasteiger partial charge in [-0.3, -0.25) is 9.69 Å². The largest absolute Gasteiger partial charge is 0.349 e. The molecule has 0 spiro atoms. The Kier molecular flexibility index (Phi) is 6.73. The monoisotopic (exact) mass is 476 g/mol. The first-order chi connectivity index (χ1) is 16.6. The van der Waals surface area contributed by atoms with Gasteiger partial charge in [-0.25, -0.2) is 9.37 Å². The molecule has 1 amide bonds. The second kappa shape index (κ2) is 10.2. The molecule has 0 bridgehead atoms. The molecule has 0 aliphatic carbocycles. The SMILES string of the molecule is O=C(Cc1cccc(F)c1)NCc1nnc2n1CCN(Cc1cnc(-c3ccccc3)s1)CC2. The first-order valence-electron chi connectivity index (χ1n) is 11.3. The molecule has 1 aliphatic heterocycles. The second-order valence-electron chi connectivity index (χ2n) is 8.29. The first kappa shape index (κ1) is 22.4. The minimum absolute atomic E-state index is 0.131. The Labute approximate surface area is 201 Å². The molecule has 2 aromatic heterocycles. The van der Waals surface area contributed by atoms with Gasteiger partial charge in [0.25, 0.3) is 0 Å². The molecule has 2 aromatic carbocycles. The van der Waals surface area contributed by atoms with E-state index in [-0.39, 0.29) is 18.1 Å². The van der Waals surface area contributed by atoms with Crippen molar-refractivity contribution in [3.8, 4) is 10.6 Å². The number of nitrogens with one attached hydrogen (secondary N) is 1. The quantitative estimate of drug-likeness (QED) is 0.442. The van der Waals surface area contributed by atoms with E-state index in [0.29, 0.717) is 12.1 Å². The number of hydrogen-bond donors (Lipinski definition) is 1. The van der Waals surface area contributed by atoms with Crippen molar-refractivity contribution in [3.63, 3.8) is 0 Å². The van der Waals surface area contributed by atoms with Crippen LogP contribution in [0.3, 0.4) is 0 Å². The molecule has 1 N–H and O–H groups in total.